The van der Waals surface area contributed by atoms with Gasteiger partial charge in [0.2, 0.25) is 0 Å². The van der Waals surface area contributed by atoms with Crippen molar-refractivity contribution >= 4 is 18.0 Å². The van der Waals surface area contributed by atoms with E-state index in [-0.39, 0.29) is 0 Å². The Morgan fingerprint density at radius 1 is 1.36 bits per heavy atom. The highest BCUT2D eigenvalue weighted by Crippen LogP contribution is 2.14. The number of methoxy groups -OCH3 is 1. The van der Waals surface area contributed by atoms with Crippen LogP contribution >= 0.6 is 0 Å². The first kappa shape index (κ1) is 13.7. The Morgan fingerprint density at radius 2 is 2.23 bits per heavy atom. The number of nitrogens with one attached hydrogen (secondary N) is 1. The van der Waals surface area contributed by atoms with E-state index in [1.54, 1.807) is 13.3 Å². The molecule has 2 aromatic rings. The third-order valence-electron chi connectivity index (χ3n) is 2.94. The summed E-state index contributed by atoms with van der Waals surface area (Å²) in [5.41, 5.74) is 9.32. The molecule has 0 aliphatic carbocycles. The number of hydrogen-bond donors (Lipinski definition) is 2. The van der Waals surface area contributed by atoms with Gasteiger partial charge < -0.3 is 10.5 Å². The Bertz CT molecular complexity index is 761. The lowest BCUT2D eigenvalue weighted by Crippen LogP contribution is -2.28. The summed E-state index contributed by atoms with van der Waals surface area (Å²) in [6.45, 7) is 0. The second-order valence-electron chi connectivity index (χ2n) is 4.39. The molecule has 0 amide bonds. The van der Waals surface area contributed by atoms with E-state index >= 15 is 0 Å². The molecule has 3 N–H and O–H groups in total. The highest BCUT2D eigenvalue weighted by Gasteiger charge is 2.15. The van der Waals surface area contributed by atoms with Crippen LogP contribution in [0.15, 0.2) is 45.9 Å². The standard InChI is InChI=1S/C13H14N8O/c1-22-10-5-3-2-4-9(10)7-16-19-13-20-18-11(14)6-12-15-8-17-21(12)13/h2-5,7-8H,6H2,1H3,(H2,14,18)(H,19,20)/b16-7+. The average Bonchev–Trinajstić information content (AvgIpc) is 2.93. The molecule has 1 aromatic carbocycles. The number of hydrazone groups is 1. The summed E-state index contributed by atoms with van der Waals surface area (Å²) < 4.78 is 6.75. The van der Waals surface area contributed by atoms with Crippen molar-refractivity contribution in [2.75, 3.05) is 7.11 Å². The van der Waals surface area contributed by atoms with Gasteiger partial charge in [0.05, 0.1) is 19.7 Å². The maximum Gasteiger partial charge on any atom is 0.266 e. The molecule has 1 aliphatic rings. The number of benzene rings is 1. The van der Waals surface area contributed by atoms with Crippen molar-refractivity contribution in [1.29, 1.82) is 0 Å². The largest absolute Gasteiger partial charge is 0.496 e. The van der Waals surface area contributed by atoms with E-state index in [2.05, 4.69) is 30.8 Å². The second kappa shape index (κ2) is 6.04. The van der Waals surface area contributed by atoms with Crippen molar-refractivity contribution in [3.8, 4) is 5.75 Å². The van der Waals surface area contributed by atoms with Gasteiger partial charge in [0, 0.05) is 5.56 Å². The van der Waals surface area contributed by atoms with Crippen LogP contribution in [0.4, 0.5) is 0 Å². The maximum atomic E-state index is 5.71. The third kappa shape index (κ3) is 2.77. The molecule has 0 atom stereocenters. The molecular weight excluding hydrogens is 284 g/mol. The van der Waals surface area contributed by atoms with Crippen LogP contribution in [0.1, 0.15) is 11.4 Å². The third-order valence-corrected chi connectivity index (χ3v) is 2.94. The molecule has 0 spiro atoms. The van der Waals surface area contributed by atoms with Crippen molar-refractivity contribution in [1.82, 2.24) is 20.2 Å². The van der Waals surface area contributed by atoms with Crippen molar-refractivity contribution < 1.29 is 4.74 Å². The van der Waals surface area contributed by atoms with Gasteiger partial charge >= 0.3 is 0 Å². The number of nitrogens with zero attached hydrogens (tertiary/aromatic N) is 6. The molecule has 0 saturated carbocycles. The number of rotatable bonds is 3. The van der Waals surface area contributed by atoms with Crippen molar-refractivity contribution in [2.45, 2.75) is 6.42 Å². The lowest BCUT2D eigenvalue weighted by atomic mass is 10.2. The minimum atomic E-state index is 0.319. The highest BCUT2D eigenvalue weighted by molar-refractivity contribution is 5.90. The summed E-state index contributed by atoms with van der Waals surface area (Å²) in [5, 5.41) is 16.1. The molecule has 112 valence electrons. The van der Waals surface area contributed by atoms with E-state index in [0.29, 0.717) is 24.0 Å². The zero-order valence-corrected chi connectivity index (χ0v) is 11.8. The molecule has 0 unspecified atom stereocenters. The number of amidine groups is 1. The minimum absolute atomic E-state index is 0.319. The van der Waals surface area contributed by atoms with E-state index in [4.69, 9.17) is 10.5 Å². The van der Waals surface area contributed by atoms with Gasteiger partial charge in [-0.05, 0) is 12.1 Å². The fourth-order valence-corrected chi connectivity index (χ4v) is 1.92. The predicted octanol–water partition coefficient (Wildman–Crippen LogP) is -0.0572. The van der Waals surface area contributed by atoms with Crippen LogP contribution in [0.5, 0.6) is 5.75 Å². The first-order chi connectivity index (χ1) is 10.8. The predicted molar refractivity (Wildman–Crippen MR) is 81.9 cm³/mol. The van der Waals surface area contributed by atoms with Gasteiger partial charge in [0.25, 0.3) is 5.96 Å². The number of fused-ring (bicyclic) bond motifs is 1. The summed E-state index contributed by atoms with van der Waals surface area (Å²) in [4.78, 5) is 4.11. The Balaban J connectivity index is 1.81. The molecule has 0 saturated heterocycles. The molecule has 9 nitrogen and oxygen atoms in total. The first-order valence-electron chi connectivity index (χ1n) is 6.49. The zero-order chi connectivity index (χ0) is 15.4. The van der Waals surface area contributed by atoms with Gasteiger partial charge in [0.15, 0.2) is 0 Å². The number of hydrogen-bond acceptors (Lipinski definition) is 8. The lowest BCUT2D eigenvalue weighted by molar-refractivity contribution is 0.414. The average molecular weight is 298 g/mol. The van der Waals surface area contributed by atoms with Crippen molar-refractivity contribution in [3.05, 3.63) is 42.0 Å². The van der Waals surface area contributed by atoms with E-state index in [9.17, 15) is 0 Å². The van der Waals surface area contributed by atoms with Gasteiger partial charge in [-0.2, -0.15) is 14.9 Å². The Hall–Kier alpha value is -3.23. The van der Waals surface area contributed by atoms with Crippen LogP contribution < -0.4 is 15.9 Å². The zero-order valence-electron chi connectivity index (χ0n) is 11.8. The number of ether oxygens (including phenoxy) is 1. The molecule has 0 bridgehead atoms. The molecule has 2 heterocycles. The first-order valence-corrected chi connectivity index (χ1v) is 6.49. The van der Waals surface area contributed by atoms with Crippen LogP contribution in [0.3, 0.4) is 0 Å². The fourth-order valence-electron chi connectivity index (χ4n) is 1.92. The monoisotopic (exact) mass is 298 g/mol. The minimum Gasteiger partial charge on any atom is -0.496 e. The molecule has 0 fully saturated rings. The summed E-state index contributed by atoms with van der Waals surface area (Å²) in [6, 6.07) is 7.52. The Kier molecular flexibility index (Phi) is 3.77. The Labute approximate surface area is 126 Å². The molecule has 3 rings (SSSR count). The maximum absolute atomic E-state index is 5.71. The normalized spacial score (nSPS) is 14.0. The summed E-state index contributed by atoms with van der Waals surface area (Å²) in [7, 11) is 1.61. The SMILES string of the molecule is COc1ccccc1/C=N/NC1=NN=C(N)Cc2ncnn21. The van der Waals surface area contributed by atoms with Gasteiger partial charge in [0.1, 0.15) is 23.7 Å². The van der Waals surface area contributed by atoms with Crippen LogP contribution in [-0.4, -0.2) is 39.9 Å². The number of aromatic nitrogens is 3. The molecular formula is C13H14N8O. The van der Waals surface area contributed by atoms with E-state index < -0.39 is 0 Å². The van der Waals surface area contributed by atoms with Crippen LogP contribution in [0.2, 0.25) is 0 Å². The number of para-hydroxylation sites is 1. The summed E-state index contributed by atoms with van der Waals surface area (Å²) in [6.07, 6.45) is 3.43. The van der Waals surface area contributed by atoms with Gasteiger partial charge in [-0.3, -0.25) is 0 Å². The van der Waals surface area contributed by atoms with E-state index in [0.717, 1.165) is 11.3 Å². The lowest BCUT2D eigenvalue weighted by Gasteiger charge is -2.05. The summed E-state index contributed by atoms with van der Waals surface area (Å²) in [5.74, 6) is 2.04. The van der Waals surface area contributed by atoms with E-state index in [1.807, 2.05) is 24.3 Å². The Morgan fingerprint density at radius 3 is 3.09 bits per heavy atom. The van der Waals surface area contributed by atoms with Crippen LogP contribution in [0.25, 0.3) is 0 Å². The van der Waals surface area contributed by atoms with Gasteiger partial charge in [-0.15, -0.1) is 10.2 Å². The van der Waals surface area contributed by atoms with E-state index in [1.165, 1.54) is 11.0 Å². The summed E-state index contributed by atoms with van der Waals surface area (Å²) >= 11 is 0. The smallest absolute Gasteiger partial charge is 0.266 e. The molecule has 0 radical (unpaired) electrons. The van der Waals surface area contributed by atoms with Gasteiger partial charge in [-0.1, -0.05) is 12.1 Å². The van der Waals surface area contributed by atoms with Crippen LogP contribution in [0, 0.1) is 0 Å². The van der Waals surface area contributed by atoms with Crippen molar-refractivity contribution in [3.63, 3.8) is 0 Å². The van der Waals surface area contributed by atoms with Crippen LogP contribution in [-0.2, 0) is 6.42 Å². The molecule has 1 aliphatic heterocycles. The second-order valence-corrected chi connectivity index (χ2v) is 4.39. The van der Waals surface area contributed by atoms with Gasteiger partial charge in [-0.25, -0.2) is 10.4 Å². The quantitative estimate of drug-likeness (QED) is 0.608. The topological polar surface area (TPSA) is 115 Å². The highest BCUT2D eigenvalue weighted by atomic mass is 16.5. The molecule has 9 heteroatoms. The fraction of sp³-hybridized carbons (Fsp3) is 0.154. The number of nitrogens with two attached hydrogens (primary N) is 1. The van der Waals surface area contributed by atoms with Crippen molar-refractivity contribution in [2.24, 2.45) is 21.0 Å². The molecule has 22 heavy (non-hydrogen) atoms. The molecule has 1 aromatic heterocycles.